The Hall–Kier alpha value is -1.10. The van der Waals surface area contributed by atoms with Crippen LogP contribution in [0.2, 0.25) is 0 Å². The number of amides is 1. The van der Waals surface area contributed by atoms with Gasteiger partial charge in [-0.15, -0.1) is 0 Å². The Bertz CT molecular complexity index is 453. The van der Waals surface area contributed by atoms with Crippen LogP contribution in [0.4, 0.5) is 0 Å². The number of likely N-dealkylation sites (tertiary alicyclic amines) is 1. The Kier molecular flexibility index (Phi) is 5.84. The number of allylic oxidation sites excluding steroid dienone is 2. The maximum absolute atomic E-state index is 12.5. The summed E-state index contributed by atoms with van der Waals surface area (Å²) in [5, 5.41) is 6.96. The predicted octanol–water partition coefficient (Wildman–Crippen LogP) is 2.95. The van der Waals surface area contributed by atoms with Gasteiger partial charge in [0.1, 0.15) is 0 Å². The molecule has 4 nitrogen and oxygen atoms in total. The molecule has 2 aliphatic rings. The number of piperidine rings is 1. The molecule has 1 unspecified atom stereocenters. The number of fused-ring (bicyclic) bond motifs is 1. The van der Waals surface area contributed by atoms with Gasteiger partial charge in [-0.2, -0.15) is 0 Å². The minimum atomic E-state index is -0.0545. The van der Waals surface area contributed by atoms with Crippen LogP contribution in [0.1, 0.15) is 59.3 Å². The average Bonchev–Trinajstić information content (AvgIpc) is 2.44. The van der Waals surface area contributed by atoms with Gasteiger partial charge in [-0.25, -0.2) is 0 Å². The minimum Gasteiger partial charge on any atom is -0.362 e. The fourth-order valence-electron chi connectivity index (χ4n) is 3.25. The van der Waals surface area contributed by atoms with Gasteiger partial charge in [-0.3, -0.25) is 4.79 Å². The van der Waals surface area contributed by atoms with Crippen LogP contribution in [0, 0.1) is 5.92 Å². The second-order valence-corrected chi connectivity index (χ2v) is 7.73. The van der Waals surface area contributed by atoms with Crippen LogP contribution in [-0.2, 0) is 4.79 Å². The summed E-state index contributed by atoms with van der Waals surface area (Å²) in [5.41, 5.74) is 1.24. The molecule has 0 aromatic carbocycles. The van der Waals surface area contributed by atoms with Crippen molar-refractivity contribution in [1.82, 2.24) is 15.5 Å². The zero-order valence-corrected chi connectivity index (χ0v) is 14.9. The van der Waals surface area contributed by atoms with Gasteiger partial charge in [-0.1, -0.05) is 6.08 Å². The lowest BCUT2D eigenvalue weighted by Gasteiger charge is -2.38. The van der Waals surface area contributed by atoms with E-state index in [-0.39, 0.29) is 11.4 Å². The first-order chi connectivity index (χ1) is 10.4. The summed E-state index contributed by atoms with van der Waals surface area (Å²) in [6.45, 7) is 7.67. The van der Waals surface area contributed by atoms with E-state index in [1.54, 1.807) is 0 Å². The van der Waals surface area contributed by atoms with E-state index < -0.39 is 0 Å². The Morgan fingerprint density at radius 1 is 1.36 bits per heavy atom. The second kappa shape index (κ2) is 7.44. The second-order valence-electron chi connectivity index (χ2n) is 7.33. The normalized spacial score (nSPS) is 21.7. The van der Waals surface area contributed by atoms with Crippen LogP contribution >= 0.6 is 12.2 Å². The van der Waals surface area contributed by atoms with Crippen LogP contribution in [-0.4, -0.2) is 34.5 Å². The van der Waals surface area contributed by atoms with Gasteiger partial charge in [0.05, 0.1) is 0 Å². The molecule has 1 heterocycles. The highest BCUT2D eigenvalue weighted by Gasteiger charge is 2.29. The van der Waals surface area contributed by atoms with E-state index in [0.717, 1.165) is 19.4 Å². The first-order valence-corrected chi connectivity index (χ1v) is 8.84. The van der Waals surface area contributed by atoms with Gasteiger partial charge in [0, 0.05) is 30.7 Å². The molecule has 0 aromatic heterocycles. The van der Waals surface area contributed by atoms with Crippen molar-refractivity contribution >= 4 is 23.2 Å². The van der Waals surface area contributed by atoms with Gasteiger partial charge < -0.3 is 15.5 Å². The van der Waals surface area contributed by atoms with Crippen LogP contribution in [0.25, 0.3) is 0 Å². The maximum Gasteiger partial charge on any atom is 0.228 e. The lowest BCUT2D eigenvalue weighted by Crippen LogP contribution is -2.47. The topological polar surface area (TPSA) is 44.4 Å². The summed E-state index contributed by atoms with van der Waals surface area (Å²) >= 11 is 5.24. The third-order valence-corrected chi connectivity index (χ3v) is 4.43. The third kappa shape index (κ3) is 4.97. The van der Waals surface area contributed by atoms with Gasteiger partial charge in [0.15, 0.2) is 5.11 Å². The molecule has 0 aromatic rings. The summed E-state index contributed by atoms with van der Waals surface area (Å²) in [5.74, 6) is 0.840. The Balaban J connectivity index is 1.79. The number of hydrogen-bond donors (Lipinski definition) is 2. The molecular formula is C17H29N3OS. The SMILES string of the molecule is CC(C)(C)NC(=S)NCCC(=O)N1CCCC2CCCC=C21. The monoisotopic (exact) mass is 323 g/mol. The van der Waals surface area contributed by atoms with Crippen molar-refractivity contribution in [3.8, 4) is 0 Å². The standard InChI is InChI=1S/C17H29N3OS/c1-17(2,3)19-16(22)18-11-10-15(21)20-12-6-8-13-7-4-5-9-14(13)20/h9,13H,4-8,10-12H2,1-3H3,(H2,18,19,22). The molecule has 1 aliphatic heterocycles. The Labute approximate surface area is 139 Å². The van der Waals surface area contributed by atoms with Crippen LogP contribution in [0.5, 0.6) is 0 Å². The van der Waals surface area contributed by atoms with Gasteiger partial charge >= 0.3 is 0 Å². The third-order valence-electron chi connectivity index (χ3n) is 4.19. The molecule has 124 valence electrons. The lowest BCUT2D eigenvalue weighted by molar-refractivity contribution is -0.130. The van der Waals surface area contributed by atoms with E-state index in [9.17, 15) is 4.79 Å². The summed E-state index contributed by atoms with van der Waals surface area (Å²) in [7, 11) is 0. The molecule has 1 fully saturated rings. The van der Waals surface area contributed by atoms with E-state index in [0.29, 0.717) is 24.0 Å². The van der Waals surface area contributed by atoms with Crippen molar-refractivity contribution in [3.63, 3.8) is 0 Å². The minimum absolute atomic E-state index is 0.0545. The number of hydrogen-bond acceptors (Lipinski definition) is 2. The van der Waals surface area contributed by atoms with Crippen LogP contribution in [0.15, 0.2) is 11.8 Å². The van der Waals surface area contributed by atoms with Crippen molar-refractivity contribution in [1.29, 1.82) is 0 Å². The van der Waals surface area contributed by atoms with Crippen molar-refractivity contribution in [3.05, 3.63) is 11.8 Å². The first-order valence-electron chi connectivity index (χ1n) is 8.43. The molecule has 0 bridgehead atoms. The largest absolute Gasteiger partial charge is 0.362 e. The predicted molar refractivity (Wildman–Crippen MR) is 94.5 cm³/mol. The number of rotatable bonds is 3. The fraction of sp³-hybridized carbons (Fsp3) is 0.765. The van der Waals surface area contributed by atoms with Crippen molar-refractivity contribution in [2.75, 3.05) is 13.1 Å². The van der Waals surface area contributed by atoms with E-state index in [1.165, 1.54) is 25.0 Å². The quantitative estimate of drug-likeness (QED) is 0.784. The molecule has 2 N–H and O–H groups in total. The van der Waals surface area contributed by atoms with Crippen molar-refractivity contribution in [2.45, 2.75) is 64.8 Å². The molecular weight excluding hydrogens is 294 g/mol. The Morgan fingerprint density at radius 3 is 2.82 bits per heavy atom. The number of nitrogens with one attached hydrogen (secondary N) is 2. The highest BCUT2D eigenvalue weighted by Crippen LogP contribution is 2.35. The molecule has 1 amide bonds. The highest BCUT2D eigenvalue weighted by molar-refractivity contribution is 7.80. The molecule has 0 radical (unpaired) electrons. The summed E-state index contributed by atoms with van der Waals surface area (Å²) in [6.07, 6.45) is 8.78. The number of carbonyl (C=O) groups excluding carboxylic acids is 1. The maximum atomic E-state index is 12.5. The number of nitrogens with zero attached hydrogens (tertiary/aromatic N) is 1. The van der Waals surface area contributed by atoms with Gasteiger partial charge in [0.2, 0.25) is 5.91 Å². The molecule has 2 rings (SSSR count). The zero-order chi connectivity index (χ0) is 16.2. The van der Waals surface area contributed by atoms with Crippen molar-refractivity contribution < 1.29 is 4.79 Å². The average molecular weight is 324 g/mol. The molecule has 5 heteroatoms. The molecule has 1 aliphatic carbocycles. The van der Waals surface area contributed by atoms with Gasteiger partial charge in [0.25, 0.3) is 0 Å². The molecule has 22 heavy (non-hydrogen) atoms. The summed E-state index contributed by atoms with van der Waals surface area (Å²) < 4.78 is 0. The molecule has 0 spiro atoms. The first kappa shape index (κ1) is 17.3. The highest BCUT2D eigenvalue weighted by atomic mass is 32.1. The number of carbonyl (C=O) groups is 1. The molecule has 1 saturated heterocycles. The van der Waals surface area contributed by atoms with E-state index >= 15 is 0 Å². The van der Waals surface area contributed by atoms with E-state index in [4.69, 9.17) is 12.2 Å². The fourth-order valence-corrected chi connectivity index (χ4v) is 3.66. The zero-order valence-electron chi connectivity index (χ0n) is 14.1. The summed E-state index contributed by atoms with van der Waals surface area (Å²) in [6, 6.07) is 0. The lowest BCUT2D eigenvalue weighted by atomic mass is 9.85. The van der Waals surface area contributed by atoms with E-state index in [1.807, 2.05) is 4.90 Å². The van der Waals surface area contributed by atoms with E-state index in [2.05, 4.69) is 37.5 Å². The van der Waals surface area contributed by atoms with Crippen LogP contribution in [0.3, 0.4) is 0 Å². The molecule has 0 saturated carbocycles. The van der Waals surface area contributed by atoms with Crippen molar-refractivity contribution in [2.24, 2.45) is 5.92 Å². The molecule has 1 atom stereocenters. The van der Waals surface area contributed by atoms with Gasteiger partial charge in [-0.05, 0) is 71.0 Å². The van der Waals surface area contributed by atoms with Crippen LogP contribution < -0.4 is 10.6 Å². The smallest absolute Gasteiger partial charge is 0.228 e. The summed E-state index contributed by atoms with van der Waals surface area (Å²) in [4.78, 5) is 14.5. The Morgan fingerprint density at radius 2 is 2.09 bits per heavy atom. The number of thiocarbonyl (C=S) groups is 1.